The number of anilines is 1. The van der Waals surface area contributed by atoms with Gasteiger partial charge in [0.1, 0.15) is 11.9 Å². The number of carbonyl (C=O) groups excluding carboxylic acids is 1. The lowest BCUT2D eigenvalue weighted by Crippen LogP contribution is -2.25. The van der Waals surface area contributed by atoms with Gasteiger partial charge in [0.2, 0.25) is 0 Å². The van der Waals surface area contributed by atoms with Crippen LogP contribution in [0.3, 0.4) is 0 Å². The highest BCUT2D eigenvalue weighted by Crippen LogP contribution is 2.32. The zero-order valence-electron chi connectivity index (χ0n) is 12.2. The molecule has 1 aliphatic rings. The molecule has 0 amide bonds. The Bertz CT molecular complexity index is 682. The van der Waals surface area contributed by atoms with Crippen molar-refractivity contribution in [2.45, 2.75) is 12.1 Å². The molecular weight excluding hydrogens is 278 g/mol. The Kier molecular flexibility index (Phi) is 4.10. The number of benzene rings is 2. The van der Waals surface area contributed by atoms with Gasteiger partial charge >= 0.3 is 5.97 Å². The summed E-state index contributed by atoms with van der Waals surface area (Å²) in [5.74, 6) is 0.435. The molecule has 22 heavy (non-hydrogen) atoms. The summed E-state index contributed by atoms with van der Waals surface area (Å²) >= 11 is 0. The maximum Gasteiger partial charge on any atom is 0.331 e. The van der Waals surface area contributed by atoms with Gasteiger partial charge in [0.15, 0.2) is 0 Å². The van der Waals surface area contributed by atoms with Crippen molar-refractivity contribution in [1.29, 1.82) is 0 Å². The van der Waals surface area contributed by atoms with Crippen molar-refractivity contribution < 1.29 is 14.3 Å². The fourth-order valence-corrected chi connectivity index (χ4v) is 2.51. The van der Waals surface area contributed by atoms with Crippen LogP contribution in [-0.2, 0) is 9.53 Å². The van der Waals surface area contributed by atoms with Gasteiger partial charge in [-0.15, -0.1) is 0 Å². The summed E-state index contributed by atoms with van der Waals surface area (Å²) in [5, 5.41) is 3.42. The number of rotatable bonds is 5. The average Bonchev–Trinajstić information content (AvgIpc) is 3.00. The maximum atomic E-state index is 11.4. The van der Waals surface area contributed by atoms with Gasteiger partial charge in [-0.2, -0.15) is 0 Å². The van der Waals surface area contributed by atoms with E-state index in [1.54, 1.807) is 13.2 Å². The number of ether oxygens (including phenoxy) is 2. The van der Waals surface area contributed by atoms with Gasteiger partial charge in [0.05, 0.1) is 18.8 Å². The van der Waals surface area contributed by atoms with Crippen LogP contribution in [0.25, 0.3) is 0 Å². The molecule has 0 aliphatic carbocycles. The van der Waals surface area contributed by atoms with Gasteiger partial charge in [-0.05, 0) is 23.8 Å². The molecule has 0 fully saturated rings. The highest BCUT2D eigenvalue weighted by atomic mass is 16.5. The Morgan fingerprint density at radius 1 is 1.09 bits per heavy atom. The Morgan fingerprint density at radius 3 is 2.50 bits per heavy atom. The Hall–Kier alpha value is -2.75. The molecule has 0 bridgehead atoms. The van der Waals surface area contributed by atoms with E-state index in [4.69, 9.17) is 9.47 Å². The summed E-state index contributed by atoms with van der Waals surface area (Å²) in [6, 6.07) is 17.4. The monoisotopic (exact) mass is 295 g/mol. The molecule has 1 N–H and O–H groups in total. The predicted molar refractivity (Wildman–Crippen MR) is 84.8 cm³/mol. The SMILES string of the molecule is COc1ccccc1N[C@@H](c1ccccc1)C1C=CC(=O)O1. The third-order valence-corrected chi connectivity index (χ3v) is 3.58. The van der Waals surface area contributed by atoms with E-state index in [9.17, 15) is 4.79 Å². The summed E-state index contributed by atoms with van der Waals surface area (Å²) in [6.07, 6.45) is 2.90. The Balaban J connectivity index is 1.92. The standard InChI is InChI=1S/C18H17NO3/c1-21-15-10-6-5-9-14(15)19-18(13-7-3-2-4-8-13)16-11-12-17(20)22-16/h2-12,16,18-19H,1H3/t16?,18-/m0/s1. The number of methoxy groups -OCH3 is 1. The first-order valence-electron chi connectivity index (χ1n) is 7.11. The molecule has 0 aromatic heterocycles. The van der Waals surface area contributed by atoms with Crippen molar-refractivity contribution in [1.82, 2.24) is 0 Å². The second-order valence-electron chi connectivity index (χ2n) is 4.99. The summed E-state index contributed by atoms with van der Waals surface area (Å²) in [4.78, 5) is 11.4. The molecule has 4 nitrogen and oxygen atoms in total. The minimum atomic E-state index is -0.347. The number of hydrogen-bond donors (Lipinski definition) is 1. The molecule has 0 saturated carbocycles. The van der Waals surface area contributed by atoms with Gasteiger partial charge in [0.25, 0.3) is 0 Å². The summed E-state index contributed by atoms with van der Waals surface area (Å²) in [6.45, 7) is 0. The average molecular weight is 295 g/mol. The number of para-hydroxylation sites is 2. The van der Waals surface area contributed by atoms with E-state index in [0.29, 0.717) is 0 Å². The van der Waals surface area contributed by atoms with E-state index in [-0.39, 0.29) is 18.1 Å². The van der Waals surface area contributed by atoms with Gasteiger partial charge in [-0.3, -0.25) is 0 Å². The van der Waals surface area contributed by atoms with E-state index in [2.05, 4.69) is 5.32 Å². The van der Waals surface area contributed by atoms with Crippen molar-refractivity contribution in [3.63, 3.8) is 0 Å². The lowest BCUT2D eigenvalue weighted by Gasteiger charge is -2.25. The minimum Gasteiger partial charge on any atom is -0.495 e. The number of nitrogens with one attached hydrogen (secondary N) is 1. The highest BCUT2D eigenvalue weighted by molar-refractivity contribution is 5.84. The first-order chi connectivity index (χ1) is 10.8. The molecule has 2 atom stereocenters. The first-order valence-corrected chi connectivity index (χ1v) is 7.11. The van der Waals surface area contributed by atoms with Gasteiger partial charge < -0.3 is 14.8 Å². The van der Waals surface area contributed by atoms with Crippen LogP contribution in [0.2, 0.25) is 0 Å². The van der Waals surface area contributed by atoms with Gasteiger partial charge in [-0.25, -0.2) is 4.79 Å². The lowest BCUT2D eigenvalue weighted by atomic mass is 10.0. The van der Waals surface area contributed by atoms with E-state index in [0.717, 1.165) is 17.0 Å². The Labute approximate surface area is 129 Å². The zero-order valence-corrected chi connectivity index (χ0v) is 12.2. The van der Waals surface area contributed by atoms with Crippen molar-refractivity contribution in [2.75, 3.05) is 12.4 Å². The molecule has 3 rings (SSSR count). The van der Waals surface area contributed by atoms with Crippen LogP contribution in [0.4, 0.5) is 5.69 Å². The molecule has 2 aromatic carbocycles. The molecule has 2 aromatic rings. The maximum absolute atomic E-state index is 11.4. The topological polar surface area (TPSA) is 47.6 Å². The van der Waals surface area contributed by atoms with E-state index >= 15 is 0 Å². The molecule has 1 aliphatic heterocycles. The molecule has 1 heterocycles. The molecule has 1 unspecified atom stereocenters. The molecule has 112 valence electrons. The number of esters is 1. The smallest absolute Gasteiger partial charge is 0.331 e. The fourth-order valence-electron chi connectivity index (χ4n) is 2.51. The second-order valence-corrected chi connectivity index (χ2v) is 4.99. The lowest BCUT2D eigenvalue weighted by molar-refractivity contribution is -0.139. The van der Waals surface area contributed by atoms with E-state index in [1.165, 1.54) is 6.08 Å². The highest BCUT2D eigenvalue weighted by Gasteiger charge is 2.28. The van der Waals surface area contributed by atoms with Crippen molar-refractivity contribution >= 4 is 11.7 Å². The second kappa shape index (κ2) is 6.35. The van der Waals surface area contributed by atoms with Crippen LogP contribution >= 0.6 is 0 Å². The third kappa shape index (κ3) is 2.96. The molecule has 0 radical (unpaired) electrons. The van der Waals surface area contributed by atoms with Crippen molar-refractivity contribution in [3.05, 3.63) is 72.3 Å². The van der Waals surface area contributed by atoms with Crippen LogP contribution in [0, 0.1) is 0 Å². The van der Waals surface area contributed by atoms with Crippen LogP contribution in [-0.4, -0.2) is 19.2 Å². The van der Waals surface area contributed by atoms with E-state index < -0.39 is 0 Å². The zero-order chi connectivity index (χ0) is 15.4. The van der Waals surface area contributed by atoms with Crippen LogP contribution in [0.1, 0.15) is 11.6 Å². The number of carbonyl (C=O) groups is 1. The van der Waals surface area contributed by atoms with Crippen LogP contribution < -0.4 is 10.1 Å². The third-order valence-electron chi connectivity index (χ3n) is 3.58. The minimum absolute atomic E-state index is 0.180. The Morgan fingerprint density at radius 2 is 1.82 bits per heavy atom. The quantitative estimate of drug-likeness (QED) is 0.860. The van der Waals surface area contributed by atoms with Crippen molar-refractivity contribution in [2.24, 2.45) is 0 Å². The normalized spacial score (nSPS) is 17.9. The molecule has 0 saturated heterocycles. The van der Waals surface area contributed by atoms with Crippen LogP contribution in [0.5, 0.6) is 5.75 Å². The molecular formula is C18H17NO3. The van der Waals surface area contributed by atoms with Crippen LogP contribution in [0.15, 0.2) is 66.7 Å². The summed E-state index contributed by atoms with van der Waals surface area (Å²) in [5.41, 5.74) is 1.90. The van der Waals surface area contributed by atoms with Gasteiger partial charge in [0, 0.05) is 6.08 Å². The van der Waals surface area contributed by atoms with E-state index in [1.807, 2.05) is 54.6 Å². The summed E-state index contributed by atoms with van der Waals surface area (Å²) < 4.78 is 10.7. The predicted octanol–water partition coefficient (Wildman–Crippen LogP) is 3.33. The number of cyclic esters (lactones) is 1. The number of hydrogen-bond acceptors (Lipinski definition) is 4. The van der Waals surface area contributed by atoms with Crippen molar-refractivity contribution in [3.8, 4) is 5.75 Å². The fraction of sp³-hybridized carbons (Fsp3) is 0.167. The largest absolute Gasteiger partial charge is 0.495 e. The van der Waals surface area contributed by atoms with Gasteiger partial charge in [-0.1, -0.05) is 42.5 Å². The first kappa shape index (κ1) is 14.2. The molecule has 4 heteroatoms. The summed E-state index contributed by atoms with van der Waals surface area (Å²) in [7, 11) is 1.63. The molecule has 0 spiro atoms.